The van der Waals surface area contributed by atoms with E-state index in [1.165, 1.54) is 0 Å². The minimum Gasteiger partial charge on any atom is -0.497 e. The standard InChI is InChI=1S/C18H27N3O2/c1-14(2)10-19-8-9-21-16(12-19)13-20(18(21)22)11-15-4-6-17(23-3)7-5-15/h4-7,14,16H,8-13H2,1-3H3/t16-/m1/s1. The molecular weight excluding hydrogens is 290 g/mol. The number of amides is 2. The minimum atomic E-state index is 0.190. The fourth-order valence-electron chi connectivity index (χ4n) is 3.61. The number of piperazine rings is 1. The van der Waals surface area contributed by atoms with E-state index < -0.39 is 0 Å². The average molecular weight is 317 g/mol. The second-order valence-electron chi connectivity index (χ2n) is 7.01. The van der Waals surface area contributed by atoms with E-state index in [1.807, 2.05) is 29.2 Å². The summed E-state index contributed by atoms with van der Waals surface area (Å²) in [4.78, 5) is 19.1. The summed E-state index contributed by atoms with van der Waals surface area (Å²) in [6.45, 7) is 10.00. The molecule has 0 aromatic heterocycles. The van der Waals surface area contributed by atoms with E-state index in [9.17, 15) is 4.79 Å². The zero-order valence-corrected chi connectivity index (χ0v) is 14.4. The van der Waals surface area contributed by atoms with Crippen molar-refractivity contribution in [2.24, 2.45) is 5.92 Å². The predicted octanol–water partition coefficient (Wildman–Crippen LogP) is 2.27. The Labute approximate surface area is 138 Å². The van der Waals surface area contributed by atoms with Gasteiger partial charge in [0.1, 0.15) is 5.75 Å². The van der Waals surface area contributed by atoms with Gasteiger partial charge in [-0.15, -0.1) is 0 Å². The van der Waals surface area contributed by atoms with Crippen LogP contribution in [0, 0.1) is 5.92 Å². The minimum absolute atomic E-state index is 0.190. The van der Waals surface area contributed by atoms with Gasteiger partial charge >= 0.3 is 6.03 Å². The Bertz CT molecular complexity index is 544. The lowest BCUT2D eigenvalue weighted by Crippen LogP contribution is -2.52. The van der Waals surface area contributed by atoms with Crippen LogP contribution in [0.1, 0.15) is 19.4 Å². The molecule has 23 heavy (non-hydrogen) atoms. The second kappa shape index (κ2) is 6.79. The van der Waals surface area contributed by atoms with Crippen molar-refractivity contribution < 1.29 is 9.53 Å². The molecule has 2 aliphatic rings. The highest BCUT2D eigenvalue weighted by atomic mass is 16.5. The highest BCUT2D eigenvalue weighted by Gasteiger charge is 2.40. The summed E-state index contributed by atoms with van der Waals surface area (Å²) in [5.41, 5.74) is 1.15. The van der Waals surface area contributed by atoms with Crippen LogP contribution in [-0.2, 0) is 6.54 Å². The van der Waals surface area contributed by atoms with E-state index in [0.29, 0.717) is 18.5 Å². The summed E-state index contributed by atoms with van der Waals surface area (Å²) in [6.07, 6.45) is 0. The molecule has 2 saturated heterocycles. The van der Waals surface area contributed by atoms with Gasteiger partial charge in [0.25, 0.3) is 0 Å². The van der Waals surface area contributed by atoms with Crippen molar-refractivity contribution in [1.29, 1.82) is 0 Å². The van der Waals surface area contributed by atoms with Gasteiger partial charge in [0, 0.05) is 39.3 Å². The molecule has 0 saturated carbocycles. The first-order chi connectivity index (χ1) is 11.1. The Kier molecular flexibility index (Phi) is 4.76. The molecule has 1 aromatic rings. The molecular formula is C18H27N3O2. The van der Waals surface area contributed by atoms with Gasteiger partial charge in [-0.3, -0.25) is 4.90 Å². The van der Waals surface area contributed by atoms with Crippen LogP contribution in [0.15, 0.2) is 24.3 Å². The van der Waals surface area contributed by atoms with Crippen LogP contribution in [-0.4, -0.2) is 66.6 Å². The summed E-state index contributed by atoms with van der Waals surface area (Å²) >= 11 is 0. The third-order valence-corrected chi connectivity index (χ3v) is 4.67. The van der Waals surface area contributed by atoms with E-state index in [-0.39, 0.29) is 6.03 Å². The lowest BCUT2D eigenvalue weighted by molar-refractivity contribution is 0.112. The number of ether oxygens (including phenoxy) is 1. The van der Waals surface area contributed by atoms with Crippen molar-refractivity contribution in [2.75, 3.05) is 39.8 Å². The van der Waals surface area contributed by atoms with Gasteiger partial charge < -0.3 is 14.5 Å². The Morgan fingerprint density at radius 1 is 1.17 bits per heavy atom. The van der Waals surface area contributed by atoms with Crippen LogP contribution in [0.5, 0.6) is 5.75 Å². The maximum absolute atomic E-state index is 12.6. The van der Waals surface area contributed by atoms with E-state index in [2.05, 4.69) is 23.6 Å². The second-order valence-corrected chi connectivity index (χ2v) is 7.01. The quantitative estimate of drug-likeness (QED) is 0.836. The zero-order chi connectivity index (χ0) is 16.4. The Morgan fingerprint density at radius 3 is 2.57 bits per heavy atom. The van der Waals surface area contributed by atoms with E-state index >= 15 is 0 Å². The van der Waals surface area contributed by atoms with Crippen molar-refractivity contribution >= 4 is 6.03 Å². The lowest BCUT2D eigenvalue weighted by Gasteiger charge is -2.37. The first-order valence-electron chi connectivity index (χ1n) is 8.47. The molecule has 2 fully saturated rings. The average Bonchev–Trinajstić information content (AvgIpc) is 2.83. The zero-order valence-electron chi connectivity index (χ0n) is 14.4. The smallest absolute Gasteiger partial charge is 0.320 e. The third-order valence-electron chi connectivity index (χ3n) is 4.67. The molecule has 0 radical (unpaired) electrons. The summed E-state index contributed by atoms with van der Waals surface area (Å²) < 4.78 is 5.19. The number of carbonyl (C=O) groups is 1. The molecule has 1 atom stereocenters. The monoisotopic (exact) mass is 317 g/mol. The van der Waals surface area contributed by atoms with Gasteiger partial charge in [-0.1, -0.05) is 26.0 Å². The van der Waals surface area contributed by atoms with E-state index in [0.717, 1.165) is 44.0 Å². The molecule has 1 aromatic carbocycles. The Morgan fingerprint density at radius 2 is 1.91 bits per heavy atom. The maximum Gasteiger partial charge on any atom is 0.320 e. The normalized spacial score (nSPS) is 21.9. The summed E-state index contributed by atoms with van der Waals surface area (Å²) in [6, 6.07) is 8.51. The number of carbonyl (C=O) groups excluding carboxylic acids is 1. The Balaban J connectivity index is 1.61. The predicted molar refractivity (Wildman–Crippen MR) is 90.6 cm³/mol. The topological polar surface area (TPSA) is 36.0 Å². The largest absolute Gasteiger partial charge is 0.497 e. The fourth-order valence-corrected chi connectivity index (χ4v) is 3.61. The summed E-state index contributed by atoms with van der Waals surface area (Å²) in [5.74, 6) is 1.53. The van der Waals surface area contributed by atoms with Gasteiger partial charge in [0.05, 0.1) is 13.2 Å². The molecule has 2 heterocycles. The van der Waals surface area contributed by atoms with Crippen molar-refractivity contribution in [1.82, 2.24) is 14.7 Å². The van der Waals surface area contributed by atoms with Crippen molar-refractivity contribution in [3.05, 3.63) is 29.8 Å². The summed E-state index contributed by atoms with van der Waals surface area (Å²) in [5, 5.41) is 0. The van der Waals surface area contributed by atoms with Gasteiger partial charge in [-0.2, -0.15) is 0 Å². The molecule has 0 spiro atoms. The molecule has 3 rings (SSSR count). The number of benzene rings is 1. The molecule has 126 valence electrons. The Hall–Kier alpha value is -1.75. The number of hydrogen-bond donors (Lipinski definition) is 0. The van der Waals surface area contributed by atoms with Gasteiger partial charge in [0.15, 0.2) is 0 Å². The molecule has 0 unspecified atom stereocenters. The first kappa shape index (κ1) is 16.1. The molecule has 5 heteroatoms. The third kappa shape index (κ3) is 3.61. The van der Waals surface area contributed by atoms with Gasteiger partial charge in [0.2, 0.25) is 0 Å². The van der Waals surface area contributed by atoms with E-state index in [4.69, 9.17) is 4.74 Å². The van der Waals surface area contributed by atoms with Crippen LogP contribution in [0.2, 0.25) is 0 Å². The molecule has 0 aliphatic carbocycles. The molecule has 0 bridgehead atoms. The van der Waals surface area contributed by atoms with Gasteiger partial charge in [-0.05, 0) is 23.6 Å². The molecule has 2 aliphatic heterocycles. The number of rotatable bonds is 5. The highest BCUT2D eigenvalue weighted by molar-refractivity contribution is 5.77. The number of hydrogen-bond acceptors (Lipinski definition) is 3. The van der Waals surface area contributed by atoms with Crippen molar-refractivity contribution in [3.63, 3.8) is 0 Å². The maximum atomic E-state index is 12.6. The SMILES string of the molecule is COc1ccc(CN2C[C@H]3CN(CC(C)C)CCN3C2=O)cc1. The van der Waals surface area contributed by atoms with Crippen LogP contribution in [0.3, 0.4) is 0 Å². The van der Waals surface area contributed by atoms with Crippen LogP contribution in [0.25, 0.3) is 0 Å². The van der Waals surface area contributed by atoms with Gasteiger partial charge in [-0.25, -0.2) is 4.79 Å². The van der Waals surface area contributed by atoms with Crippen molar-refractivity contribution in [3.8, 4) is 5.75 Å². The lowest BCUT2D eigenvalue weighted by atomic mass is 10.1. The number of nitrogens with zero attached hydrogens (tertiary/aromatic N) is 3. The van der Waals surface area contributed by atoms with E-state index in [1.54, 1.807) is 7.11 Å². The van der Waals surface area contributed by atoms with Crippen LogP contribution in [0.4, 0.5) is 4.79 Å². The number of urea groups is 1. The van der Waals surface area contributed by atoms with Crippen LogP contribution >= 0.6 is 0 Å². The molecule has 0 N–H and O–H groups in total. The fraction of sp³-hybridized carbons (Fsp3) is 0.611. The number of fused-ring (bicyclic) bond motifs is 1. The number of methoxy groups -OCH3 is 1. The molecule has 5 nitrogen and oxygen atoms in total. The highest BCUT2D eigenvalue weighted by Crippen LogP contribution is 2.23. The van der Waals surface area contributed by atoms with Crippen molar-refractivity contribution in [2.45, 2.75) is 26.4 Å². The van der Waals surface area contributed by atoms with Crippen LogP contribution < -0.4 is 4.74 Å². The molecule has 2 amide bonds. The first-order valence-corrected chi connectivity index (χ1v) is 8.47. The summed E-state index contributed by atoms with van der Waals surface area (Å²) in [7, 11) is 1.67.